The number of hydrazine groups is 1. The number of halogens is 2. The molecule has 14 heavy (non-hydrogen) atoms. The summed E-state index contributed by atoms with van der Waals surface area (Å²) < 4.78 is 29.9. The first-order valence-electron chi connectivity index (χ1n) is 4.20. The van der Waals surface area contributed by atoms with Crippen molar-refractivity contribution in [2.45, 2.75) is 13.3 Å². The molecule has 1 aromatic carbocycles. The van der Waals surface area contributed by atoms with Gasteiger partial charge in [0.2, 0.25) is 0 Å². The highest BCUT2D eigenvalue weighted by Crippen LogP contribution is 2.27. The lowest BCUT2D eigenvalue weighted by Crippen LogP contribution is -2.07. The molecule has 1 rings (SSSR count). The van der Waals surface area contributed by atoms with Gasteiger partial charge in [-0.2, -0.15) is 0 Å². The minimum absolute atomic E-state index is 0.107. The van der Waals surface area contributed by atoms with Crippen molar-refractivity contribution in [2.75, 3.05) is 12.0 Å². The van der Waals surface area contributed by atoms with Crippen LogP contribution < -0.4 is 16.0 Å². The van der Waals surface area contributed by atoms with Crippen molar-refractivity contribution < 1.29 is 13.5 Å². The van der Waals surface area contributed by atoms with Gasteiger partial charge in [-0.25, -0.2) is 8.78 Å². The van der Waals surface area contributed by atoms with Gasteiger partial charge in [0.15, 0.2) is 0 Å². The zero-order valence-electron chi connectivity index (χ0n) is 7.76. The molecular formula is C9H12F2N2O. The van der Waals surface area contributed by atoms with Crippen molar-refractivity contribution >= 4 is 5.69 Å². The molecule has 0 aromatic heterocycles. The first-order valence-corrected chi connectivity index (χ1v) is 4.20. The Balaban J connectivity index is 3.00. The van der Waals surface area contributed by atoms with Crippen molar-refractivity contribution in [3.63, 3.8) is 0 Å². The highest BCUT2D eigenvalue weighted by Gasteiger charge is 2.09. The lowest BCUT2D eigenvalue weighted by Gasteiger charge is -2.09. The van der Waals surface area contributed by atoms with E-state index in [1.807, 2.05) is 0 Å². The van der Waals surface area contributed by atoms with E-state index in [1.54, 1.807) is 13.0 Å². The van der Waals surface area contributed by atoms with Crippen LogP contribution in [0.2, 0.25) is 0 Å². The zero-order valence-corrected chi connectivity index (χ0v) is 7.76. The van der Waals surface area contributed by atoms with Gasteiger partial charge < -0.3 is 10.2 Å². The van der Waals surface area contributed by atoms with Gasteiger partial charge in [0.1, 0.15) is 5.75 Å². The number of hydrogen-bond acceptors (Lipinski definition) is 3. The molecule has 0 aliphatic rings. The van der Waals surface area contributed by atoms with Crippen LogP contribution in [0.15, 0.2) is 18.2 Å². The molecule has 0 fully saturated rings. The molecule has 0 aliphatic heterocycles. The van der Waals surface area contributed by atoms with Crippen LogP contribution >= 0.6 is 0 Å². The molecule has 0 spiro atoms. The van der Waals surface area contributed by atoms with Crippen molar-refractivity contribution in [3.05, 3.63) is 23.8 Å². The highest BCUT2D eigenvalue weighted by molar-refractivity contribution is 5.50. The molecule has 0 radical (unpaired) electrons. The van der Waals surface area contributed by atoms with Crippen LogP contribution in [0.25, 0.3) is 0 Å². The number of nitrogens with two attached hydrogens (primary N) is 1. The van der Waals surface area contributed by atoms with E-state index >= 15 is 0 Å². The quantitative estimate of drug-likeness (QED) is 0.581. The van der Waals surface area contributed by atoms with Gasteiger partial charge in [-0.15, -0.1) is 0 Å². The van der Waals surface area contributed by atoms with E-state index in [4.69, 9.17) is 10.6 Å². The summed E-state index contributed by atoms with van der Waals surface area (Å²) in [5.74, 6) is 5.52. The Hall–Kier alpha value is -1.36. The van der Waals surface area contributed by atoms with Crippen molar-refractivity contribution in [1.82, 2.24) is 0 Å². The third-order valence-electron chi connectivity index (χ3n) is 1.66. The second-order valence-corrected chi connectivity index (χ2v) is 2.67. The van der Waals surface area contributed by atoms with E-state index in [0.29, 0.717) is 18.0 Å². The first kappa shape index (κ1) is 10.7. The average molecular weight is 202 g/mol. The van der Waals surface area contributed by atoms with E-state index in [0.717, 1.165) is 0 Å². The Morgan fingerprint density at radius 2 is 2.14 bits per heavy atom. The number of nitrogens with one attached hydrogen (secondary N) is 1. The summed E-state index contributed by atoms with van der Waals surface area (Å²) in [7, 11) is 0. The van der Waals surface area contributed by atoms with Crippen LogP contribution in [-0.2, 0) is 0 Å². The van der Waals surface area contributed by atoms with Crippen LogP contribution in [0.5, 0.6) is 5.75 Å². The van der Waals surface area contributed by atoms with Gasteiger partial charge in [0.05, 0.1) is 12.3 Å². The van der Waals surface area contributed by atoms with E-state index < -0.39 is 6.43 Å². The van der Waals surface area contributed by atoms with Gasteiger partial charge in [0, 0.05) is 11.6 Å². The summed E-state index contributed by atoms with van der Waals surface area (Å²) in [6.07, 6.45) is -2.53. The SMILES string of the molecule is CCOc1cc(NN)cc(C(F)F)c1. The largest absolute Gasteiger partial charge is 0.494 e. The Morgan fingerprint density at radius 3 is 2.64 bits per heavy atom. The fourth-order valence-corrected chi connectivity index (χ4v) is 1.08. The summed E-state index contributed by atoms with van der Waals surface area (Å²) in [5, 5.41) is 0. The summed E-state index contributed by atoms with van der Waals surface area (Å²) in [6.45, 7) is 2.21. The normalized spacial score (nSPS) is 10.4. The Kier molecular flexibility index (Phi) is 3.64. The smallest absolute Gasteiger partial charge is 0.264 e. The fourth-order valence-electron chi connectivity index (χ4n) is 1.08. The maximum absolute atomic E-state index is 12.4. The van der Waals surface area contributed by atoms with Crippen LogP contribution in [-0.4, -0.2) is 6.61 Å². The standard InChI is InChI=1S/C9H12F2N2O/c1-2-14-8-4-6(9(10)11)3-7(5-8)13-12/h3-5,9,13H,2,12H2,1H3. The van der Waals surface area contributed by atoms with Crippen molar-refractivity contribution in [1.29, 1.82) is 0 Å². The number of rotatable bonds is 4. The van der Waals surface area contributed by atoms with Crippen LogP contribution in [0, 0.1) is 0 Å². The number of nitrogen functional groups attached to an aromatic ring is 1. The highest BCUT2D eigenvalue weighted by atomic mass is 19.3. The number of ether oxygens (including phenoxy) is 1. The lowest BCUT2D eigenvalue weighted by atomic mass is 10.2. The zero-order chi connectivity index (χ0) is 10.6. The molecule has 0 bridgehead atoms. The number of benzene rings is 1. The van der Waals surface area contributed by atoms with Gasteiger partial charge >= 0.3 is 0 Å². The molecule has 0 saturated heterocycles. The molecule has 0 saturated carbocycles. The molecule has 3 nitrogen and oxygen atoms in total. The van der Waals surface area contributed by atoms with E-state index in [1.165, 1.54) is 12.1 Å². The van der Waals surface area contributed by atoms with Crippen molar-refractivity contribution in [2.24, 2.45) is 5.84 Å². The molecule has 5 heteroatoms. The second-order valence-electron chi connectivity index (χ2n) is 2.67. The predicted molar refractivity (Wildman–Crippen MR) is 50.4 cm³/mol. The molecule has 0 unspecified atom stereocenters. The Morgan fingerprint density at radius 1 is 1.43 bits per heavy atom. The van der Waals surface area contributed by atoms with E-state index in [2.05, 4.69) is 5.43 Å². The second kappa shape index (κ2) is 4.76. The topological polar surface area (TPSA) is 47.3 Å². The molecule has 78 valence electrons. The van der Waals surface area contributed by atoms with Gasteiger partial charge in [-0.1, -0.05) is 0 Å². The van der Waals surface area contributed by atoms with Crippen molar-refractivity contribution in [3.8, 4) is 5.75 Å². The minimum Gasteiger partial charge on any atom is -0.494 e. The first-order chi connectivity index (χ1) is 6.67. The van der Waals surface area contributed by atoms with Gasteiger partial charge in [-0.3, -0.25) is 5.84 Å². The van der Waals surface area contributed by atoms with Crippen LogP contribution in [0.1, 0.15) is 18.9 Å². The number of anilines is 1. The third kappa shape index (κ3) is 2.56. The number of hydrogen-bond donors (Lipinski definition) is 2. The molecule has 0 aliphatic carbocycles. The van der Waals surface area contributed by atoms with Crippen LogP contribution in [0.3, 0.4) is 0 Å². The molecule has 3 N–H and O–H groups in total. The summed E-state index contributed by atoms with van der Waals surface area (Å²) >= 11 is 0. The summed E-state index contributed by atoms with van der Waals surface area (Å²) in [4.78, 5) is 0. The maximum Gasteiger partial charge on any atom is 0.264 e. The van der Waals surface area contributed by atoms with E-state index in [9.17, 15) is 8.78 Å². The maximum atomic E-state index is 12.4. The third-order valence-corrected chi connectivity index (χ3v) is 1.66. The average Bonchev–Trinajstić information content (AvgIpc) is 2.17. The van der Waals surface area contributed by atoms with Gasteiger partial charge in [0.25, 0.3) is 6.43 Å². The fraction of sp³-hybridized carbons (Fsp3) is 0.333. The lowest BCUT2D eigenvalue weighted by molar-refractivity contribution is 0.151. The van der Waals surface area contributed by atoms with Gasteiger partial charge in [-0.05, 0) is 19.1 Å². The predicted octanol–water partition coefficient (Wildman–Crippen LogP) is 2.31. The molecule has 0 heterocycles. The molecule has 0 atom stereocenters. The molecule has 0 amide bonds. The number of alkyl halides is 2. The summed E-state index contributed by atoms with van der Waals surface area (Å²) in [6, 6.07) is 4.15. The molecule has 1 aromatic rings. The summed E-state index contributed by atoms with van der Waals surface area (Å²) in [5.41, 5.74) is 2.61. The Bertz CT molecular complexity index is 305. The Labute approximate surface area is 80.8 Å². The van der Waals surface area contributed by atoms with E-state index in [-0.39, 0.29) is 5.56 Å². The monoisotopic (exact) mass is 202 g/mol. The molecular weight excluding hydrogens is 190 g/mol. The van der Waals surface area contributed by atoms with Crippen LogP contribution in [0.4, 0.5) is 14.5 Å². The minimum atomic E-state index is -2.53.